The van der Waals surface area contributed by atoms with Gasteiger partial charge in [0.1, 0.15) is 5.60 Å². The number of carbonyl (C=O) groups excluding carboxylic acids is 1. The molecule has 1 fully saturated rings. The van der Waals surface area contributed by atoms with Gasteiger partial charge in [0.05, 0.1) is 5.76 Å². The summed E-state index contributed by atoms with van der Waals surface area (Å²) in [4.78, 5) is 16.2. The van der Waals surface area contributed by atoms with Gasteiger partial charge in [0, 0.05) is 24.5 Å². The van der Waals surface area contributed by atoms with Gasteiger partial charge in [-0.2, -0.15) is 0 Å². The third kappa shape index (κ3) is 4.09. The van der Waals surface area contributed by atoms with Gasteiger partial charge in [0.25, 0.3) is 5.91 Å². The third-order valence-corrected chi connectivity index (χ3v) is 4.22. The van der Waals surface area contributed by atoms with Gasteiger partial charge >= 0.3 is 7.12 Å². The Labute approximate surface area is 148 Å². The Balaban J connectivity index is 1.55. The first-order chi connectivity index (χ1) is 12.0. The van der Waals surface area contributed by atoms with Crippen LogP contribution in [0.5, 0.6) is 0 Å². The summed E-state index contributed by atoms with van der Waals surface area (Å²) < 4.78 is 11.5. The highest BCUT2D eigenvalue weighted by atomic mass is 16.7. The molecule has 1 N–H and O–H groups in total. The van der Waals surface area contributed by atoms with Crippen LogP contribution in [0.15, 0.2) is 61.1 Å². The van der Waals surface area contributed by atoms with E-state index in [1.54, 1.807) is 24.5 Å². The van der Waals surface area contributed by atoms with Crippen LogP contribution >= 0.6 is 0 Å². The van der Waals surface area contributed by atoms with E-state index >= 15 is 0 Å². The van der Waals surface area contributed by atoms with Crippen LogP contribution in [0.1, 0.15) is 29.8 Å². The number of carbonyl (C=O) groups is 1. The molecule has 3 rings (SSSR count). The van der Waals surface area contributed by atoms with Crippen molar-refractivity contribution in [3.63, 3.8) is 0 Å². The highest BCUT2D eigenvalue weighted by Crippen LogP contribution is 2.29. The normalized spacial score (nSPS) is 15.8. The van der Waals surface area contributed by atoms with Crippen LogP contribution in [0.4, 0.5) is 0 Å². The maximum atomic E-state index is 12.2. The lowest BCUT2D eigenvalue weighted by atomic mass is 9.79. The molecule has 128 valence electrons. The van der Waals surface area contributed by atoms with Crippen molar-refractivity contribution in [2.75, 3.05) is 6.54 Å². The number of aromatic nitrogens is 1. The highest BCUT2D eigenvalue weighted by molar-refractivity contribution is 6.62. The van der Waals surface area contributed by atoms with E-state index < -0.39 is 12.7 Å². The van der Waals surface area contributed by atoms with Gasteiger partial charge in [-0.25, -0.2) is 0 Å². The quantitative estimate of drug-likeness (QED) is 0.850. The Hall–Kier alpha value is -2.60. The molecule has 0 spiro atoms. The Kier molecular flexibility index (Phi) is 4.90. The Morgan fingerprint density at radius 2 is 1.88 bits per heavy atom. The molecule has 1 aromatic carbocycles. The van der Waals surface area contributed by atoms with Crippen molar-refractivity contribution in [3.8, 4) is 0 Å². The van der Waals surface area contributed by atoms with Crippen molar-refractivity contribution in [3.05, 3.63) is 72.3 Å². The number of nitrogens with one attached hydrogen (secondary N) is 1. The van der Waals surface area contributed by atoms with Gasteiger partial charge in [-0.15, -0.1) is 0 Å². The van der Waals surface area contributed by atoms with E-state index in [1.165, 1.54) is 0 Å². The number of hydrogen-bond donors (Lipinski definition) is 1. The molecule has 0 bridgehead atoms. The fourth-order valence-corrected chi connectivity index (χ4v) is 2.53. The summed E-state index contributed by atoms with van der Waals surface area (Å²) in [6.45, 7) is 8.28. The van der Waals surface area contributed by atoms with Crippen molar-refractivity contribution < 1.29 is 14.1 Å². The molecule has 0 unspecified atom stereocenters. The monoisotopic (exact) mass is 336 g/mol. The van der Waals surface area contributed by atoms with Crippen molar-refractivity contribution in [1.29, 1.82) is 0 Å². The number of pyridine rings is 1. The largest absolute Gasteiger partial charge is 0.563 e. The van der Waals surface area contributed by atoms with E-state index in [9.17, 15) is 4.79 Å². The molecule has 1 aromatic heterocycles. The van der Waals surface area contributed by atoms with Crippen LogP contribution in [0.3, 0.4) is 0 Å². The van der Waals surface area contributed by atoms with Crippen LogP contribution in [0.25, 0.3) is 0 Å². The second-order valence-electron chi connectivity index (χ2n) is 6.48. The van der Waals surface area contributed by atoms with E-state index in [1.807, 2.05) is 38.1 Å². The Morgan fingerprint density at radius 3 is 2.48 bits per heavy atom. The van der Waals surface area contributed by atoms with E-state index in [0.29, 0.717) is 17.9 Å². The zero-order chi connectivity index (χ0) is 17.9. The van der Waals surface area contributed by atoms with Gasteiger partial charge in [0.2, 0.25) is 0 Å². The van der Waals surface area contributed by atoms with Gasteiger partial charge in [0.15, 0.2) is 0 Å². The molecule has 25 heavy (non-hydrogen) atoms. The summed E-state index contributed by atoms with van der Waals surface area (Å²) in [5.41, 5.74) is 2.10. The van der Waals surface area contributed by atoms with E-state index in [2.05, 4.69) is 16.9 Å². The average molecular weight is 336 g/mol. The molecule has 1 aliphatic heterocycles. The molecule has 1 amide bonds. The molecule has 0 radical (unpaired) electrons. The Bertz CT molecular complexity index is 760. The minimum atomic E-state index is -0.506. The third-order valence-electron chi connectivity index (χ3n) is 4.22. The first-order valence-corrected chi connectivity index (χ1v) is 8.26. The van der Waals surface area contributed by atoms with Crippen LogP contribution in [-0.2, 0) is 15.7 Å². The molecule has 0 saturated carbocycles. The molecule has 5 nitrogen and oxygen atoms in total. The standard InChI is InChI=1S/C19H21BN2O3/c1-14-19(2,3)25-20(24-14)17-6-4-16(5-7-17)18(23)22-13-10-15-8-11-21-12-9-15/h4-9,11-12H,1,10,13H2,2-3H3,(H,22,23). The zero-order valence-electron chi connectivity index (χ0n) is 14.5. The van der Waals surface area contributed by atoms with Gasteiger partial charge in [-0.05, 0) is 55.6 Å². The summed E-state index contributed by atoms with van der Waals surface area (Å²) >= 11 is 0. The van der Waals surface area contributed by atoms with Gasteiger partial charge in [-0.3, -0.25) is 9.78 Å². The molecular weight excluding hydrogens is 315 g/mol. The topological polar surface area (TPSA) is 60.5 Å². The summed E-state index contributed by atoms with van der Waals surface area (Å²) in [7, 11) is -0.480. The minimum Gasteiger partial charge on any atom is -0.534 e. The molecule has 1 saturated heterocycles. The summed E-state index contributed by atoms with van der Waals surface area (Å²) in [6.07, 6.45) is 4.27. The molecule has 1 aliphatic rings. The Morgan fingerprint density at radius 1 is 1.20 bits per heavy atom. The minimum absolute atomic E-state index is 0.0985. The highest BCUT2D eigenvalue weighted by Gasteiger charge is 2.42. The SMILES string of the molecule is C=C1OB(c2ccc(C(=O)NCCc3ccncc3)cc2)OC1(C)C. The lowest BCUT2D eigenvalue weighted by Crippen LogP contribution is -2.34. The van der Waals surface area contributed by atoms with Crippen molar-refractivity contribution in [2.45, 2.75) is 25.9 Å². The van der Waals surface area contributed by atoms with E-state index in [-0.39, 0.29) is 5.91 Å². The molecule has 2 aromatic rings. The van der Waals surface area contributed by atoms with Crippen LogP contribution in [0, 0.1) is 0 Å². The van der Waals surface area contributed by atoms with Crippen molar-refractivity contribution >= 4 is 18.5 Å². The average Bonchev–Trinajstić information content (AvgIpc) is 2.89. The molecule has 0 atom stereocenters. The first-order valence-electron chi connectivity index (χ1n) is 8.26. The summed E-state index contributed by atoms with van der Waals surface area (Å²) in [5, 5.41) is 2.92. The second kappa shape index (κ2) is 7.11. The smallest absolute Gasteiger partial charge is 0.534 e. The number of nitrogens with zero attached hydrogens (tertiary/aromatic N) is 1. The van der Waals surface area contributed by atoms with E-state index in [4.69, 9.17) is 9.31 Å². The molecule has 6 heteroatoms. The van der Waals surface area contributed by atoms with Crippen LogP contribution in [0.2, 0.25) is 0 Å². The zero-order valence-corrected chi connectivity index (χ0v) is 14.5. The number of amides is 1. The lowest BCUT2D eigenvalue weighted by molar-refractivity contribution is 0.0954. The predicted octanol–water partition coefficient (Wildman–Crippen LogP) is 2.09. The predicted molar refractivity (Wildman–Crippen MR) is 97.5 cm³/mol. The number of rotatable bonds is 5. The van der Waals surface area contributed by atoms with Crippen LogP contribution in [-0.4, -0.2) is 30.2 Å². The molecular formula is C19H21BN2O3. The number of benzene rings is 1. The first kappa shape index (κ1) is 17.2. The number of hydrogen-bond acceptors (Lipinski definition) is 4. The van der Waals surface area contributed by atoms with Crippen LogP contribution < -0.4 is 10.8 Å². The second-order valence-corrected chi connectivity index (χ2v) is 6.48. The van der Waals surface area contributed by atoms with Gasteiger partial charge < -0.3 is 14.6 Å². The van der Waals surface area contributed by atoms with Gasteiger partial charge in [-0.1, -0.05) is 18.7 Å². The molecule has 2 heterocycles. The molecule has 0 aliphatic carbocycles. The summed E-state index contributed by atoms with van der Waals surface area (Å²) in [5.74, 6) is 0.508. The lowest BCUT2D eigenvalue weighted by Gasteiger charge is -2.15. The fraction of sp³-hybridized carbons (Fsp3) is 0.263. The fourth-order valence-electron chi connectivity index (χ4n) is 2.53. The maximum Gasteiger partial charge on any atom is 0.563 e. The van der Waals surface area contributed by atoms with Crippen molar-refractivity contribution in [1.82, 2.24) is 10.3 Å². The van der Waals surface area contributed by atoms with Crippen molar-refractivity contribution in [2.24, 2.45) is 0 Å². The maximum absolute atomic E-state index is 12.2. The van der Waals surface area contributed by atoms with E-state index in [0.717, 1.165) is 17.4 Å². The summed E-state index contributed by atoms with van der Waals surface area (Å²) in [6, 6.07) is 11.1.